The van der Waals surface area contributed by atoms with Crippen molar-refractivity contribution in [2.45, 2.75) is 18.4 Å². The molecule has 1 atom stereocenters. The van der Waals surface area contributed by atoms with E-state index in [0.29, 0.717) is 6.54 Å². The molecule has 0 saturated carbocycles. The SMILES string of the molecule is CN1CCCC(CN)(Nc2cccc(F)c2)C1. The van der Waals surface area contributed by atoms with Crippen LogP contribution in [0.25, 0.3) is 0 Å². The van der Waals surface area contributed by atoms with Crippen molar-refractivity contribution in [3.05, 3.63) is 30.1 Å². The van der Waals surface area contributed by atoms with Crippen molar-refractivity contribution < 1.29 is 4.39 Å². The fourth-order valence-electron chi connectivity index (χ4n) is 2.55. The number of hydrogen-bond acceptors (Lipinski definition) is 3. The molecule has 1 saturated heterocycles. The van der Waals surface area contributed by atoms with Crippen LogP contribution in [-0.4, -0.2) is 37.1 Å². The highest BCUT2D eigenvalue weighted by Crippen LogP contribution is 2.24. The van der Waals surface area contributed by atoms with E-state index in [-0.39, 0.29) is 11.4 Å². The first-order chi connectivity index (χ1) is 8.13. The Labute approximate surface area is 102 Å². The average molecular weight is 237 g/mol. The lowest BCUT2D eigenvalue weighted by Crippen LogP contribution is -2.56. The van der Waals surface area contributed by atoms with E-state index >= 15 is 0 Å². The molecule has 0 aromatic heterocycles. The lowest BCUT2D eigenvalue weighted by Gasteiger charge is -2.42. The highest BCUT2D eigenvalue weighted by atomic mass is 19.1. The van der Waals surface area contributed by atoms with Crippen LogP contribution < -0.4 is 11.1 Å². The molecule has 1 fully saturated rings. The maximum Gasteiger partial charge on any atom is 0.125 e. The van der Waals surface area contributed by atoms with Crippen LogP contribution in [0, 0.1) is 5.82 Å². The van der Waals surface area contributed by atoms with Crippen LogP contribution in [0.1, 0.15) is 12.8 Å². The van der Waals surface area contributed by atoms with Crippen LogP contribution in [0.5, 0.6) is 0 Å². The van der Waals surface area contributed by atoms with E-state index in [1.165, 1.54) is 12.1 Å². The van der Waals surface area contributed by atoms with Gasteiger partial charge in [-0.05, 0) is 44.6 Å². The van der Waals surface area contributed by atoms with Crippen LogP contribution in [0.2, 0.25) is 0 Å². The van der Waals surface area contributed by atoms with Crippen LogP contribution in [0.3, 0.4) is 0 Å². The smallest absolute Gasteiger partial charge is 0.125 e. The maximum atomic E-state index is 13.1. The van der Waals surface area contributed by atoms with Crippen LogP contribution in [0.15, 0.2) is 24.3 Å². The highest BCUT2D eigenvalue weighted by Gasteiger charge is 2.32. The summed E-state index contributed by atoms with van der Waals surface area (Å²) in [6.45, 7) is 2.57. The lowest BCUT2D eigenvalue weighted by atomic mass is 9.89. The second kappa shape index (κ2) is 5.02. The first kappa shape index (κ1) is 12.3. The van der Waals surface area contributed by atoms with Crippen molar-refractivity contribution in [1.82, 2.24) is 4.90 Å². The van der Waals surface area contributed by atoms with Gasteiger partial charge < -0.3 is 16.0 Å². The summed E-state index contributed by atoms with van der Waals surface area (Å²) in [5.74, 6) is -0.216. The quantitative estimate of drug-likeness (QED) is 0.840. The molecular formula is C13H20FN3. The zero-order valence-corrected chi connectivity index (χ0v) is 10.2. The fourth-order valence-corrected chi connectivity index (χ4v) is 2.55. The molecule has 94 valence electrons. The molecule has 1 aliphatic rings. The minimum atomic E-state index is -0.216. The summed E-state index contributed by atoms with van der Waals surface area (Å²) >= 11 is 0. The summed E-state index contributed by atoms with van der Waals surface area (Å²) in [4.78, 5) is 2.27. The number of likely N-dealkylation sites (N-methyl/N-ethyl adjacent to an activating group) is 1. The van der Waals surface area contributed by atoms with Gasteiger partial charge in [0.25, 0.3) is 0 Å². The number of anilines is 1. The Morgan fingerprint density at radius 3 is 3.00 bits per heavy atom. The van der Waals surface area contributed by atoms with Gasteiger partial charge in [0.15, 0.2) is 0 Å². The van der Waals surface area contributed by atoms with Gasteiger partial charge in [0, 0.05) is 18.8 Å². The molecule has 2 rings (SSSR count). The molecule has 0 radical (unpaired) electrons. The third-order valence-corrected chi connectivity index (χ3v) is 3.39. The standard InChI is InChI=1S/C13H20FN3/c1-17-7-3-6-13(9-15,10-17)16-12-5-2-4-11(14)8-12/h2,4-5,8,16H,3,6-7,9-10,15H2,1H3. The van der Waals surface area contributed by atoms with Crippen molar-refractivity contribution in [1.29, 1.82) is 0 Å². The van der Waals surface area contributed by atoms with E-state index in [1.807, 2.05) is 6.07 Å². The molecule has 1 aromatic rings. The number of piperidine rings is 1. The largest absolute Gasteiger partial charge is 0.377 e. The van der Waals surface area contributed by atoms with Crippen LogP contribution in [-0.2, 0) is 0 Å². The third kappa shape index (κ3) is 2.96. The number of rotatable bonds is 3. The van der Waals surface area contributed by atoms with Gasteiger partial charge >= 0.3 is 0 Å². The fraction of sp³-hybridized carbons (Fsp3) is 0.538. The molecule has 4 heteroatoms. The zero-order chi connectivity index (χ0) is 12.3. The second-order valence-corrected chi connectivity index (χ2v) is 4.96. The monoisotopic (exact) mass is 237 g/mol. The summed E-state index contributed by atoms with van der Waals surface area (Å²) in [5.41, 5.74) is 6.59. The molecule has 1 unspecified atom stereocenters. The van der Waals surface area contributed by atoms with Crippen molar-refractivity contribution in [3.8, 4) is 0 Å². The number of nitrogens with one attached hydrogen (secondary N) is 1. The number of nitrogens with two attached hydrogens (primary N) is 1. The van der Waals surface area contributed by atoms with Crippen LogP contribution >= 0.6 is 0 Å². The van der Waals surface area contributed by atoms with Crippen molar-refractivity contribution in [2.75, 3.05) is 32.0 Å². The molecule has 3 N–H and O–H groups in total. The van der Waals surface area contributed by atoms with E-state index in [2.05, 4.69) is 17.3 Å². The first-order valence-electron chi connectivity index (χ1n) is 6.06. The number of halogens is 1. The molecule has 1 aromatic carbocycles. The third-order valence-electron chi connectivity index (χ3n) is 3.39. The van der Waals surface area contributed by atoms with Gasteiger partial charge in [-0.3, -0.25) is 0 Å². The predicted octanol–water partition coefficient (Wildman–Crippen LogP) is 1.66. The summed E-state index contributed by atoms with van der Waals surface area (Å²) in [5, 5.41) is 3.41. The lowest BCUT2D eigenvalue weighted by molar-refractivity contribution is 0.198. The minimum absolute atomic E-state index is 0.124. The molecule has 3 nitrogen and oxygen atoms in total. The molecule has 1 aliphatic heterocycles. The molecule has 0 amide bonds. The normalized spacial score (nSPS) is 25.8. The van der Waals surface area contributed by atoms with Crippen LogP contribution in [0.4, 0.5) is 10.1 Å². The Bertz CT molecular complexity index is 383. The zero-order valence-electron chi connectivity index (χ0n) is 10.2. The van der Waals surface area contributed by atoms with Gasteiger partial charge in [0.05, 0.1) is 5.54 Å². The Balaban J connectivity index is 2.13. The molecule has 0 bridgehead atoms. The molecule has 0 aliphatic carbocycles. The number of nitrogens with zero attached hydrogens (tertiary/aromatic N) is 1. The molecule has 17 heavy (non-hydrogen) atoms. The Hall–Kier alpha value is -1.13. The van der Waals surface area contributed by atoms with Crippen molar-refractivity contribution >= 4 is 5.69 Å². The van der Waals surface area contributed by atoms with Crippen molar-refractivity contribution in [3.63, 3.8) is 0 Å². The Morgan fingerprint density at radius 1 is 1.53 bits per heavy atom. The Morgan fingerprint density at radius 2 is 2.35 bits per heavy atom. The summed E-state index contributed by atoms with van der Waals surface area (Å²) < 4.78 is 13.1. The molecular weight excluding hydrogens is 217 g/mol. The number of hydrogen-bond donors (Lipinski definition) is 2. The van der Waals surface area contributed by atoms with Gasteiger partial charge in [-0.2, -0.15) is 0 Å². The molecule has 0 spiro atoms. The first-order valence-corrected chi connectivity index (χ1v) is 6.06. The van der Waals surface area contributed by atoms with Gasteiger partial charge in [-0.15, -0.1) is 0 Å². The number of likely N-dealkylation sites (tertiary alicyclic amines) is 1. The van der Waals surface area contributed by atoms with Gasteiger partial charge in [0.2, 0.25) is 0 Å². The minimum Gasteiger partial charge on any atom is -0.377 e. The van der Waals surface area contributed by atoms with Gasteiger partial charge in [0.1, 0.15) is 5.82 Å². The summed E-state index contributed by atoms with van der Waals surface area (Å²) in [6, 6.07) is 6.57. The topological polar surface area (TPSA) is 41.3 Å². The van der Waals surface area contributed by atoms with E-state index in [1.54, 1.807) is 6.07 Å². The average Bonchev–Trinajstić information content (AvgIpc) is 2.29. The molecule has 1 heterocycles. The maximum absolute atomic E-state index is 13.1. The summed E-state index contributed by atoms with van der Waals surface area (Å²) in [6.07, 6.45) is 2.15. The van der Waals surface area contributed by atoms with E-state index < -0.39 is 0 Å². The van der Waals surface area contributed by atoms with E-state index in [9.17, 15) is 4.39 Å². The van der Waals surface area contributed by atoms with Gasteiger partial charge in [-0.1, -0.05) is 6.07 Å². The second-order valence-electron chi connectivity index (χ2n) is 4.96. The van der Waals surface area contributed by atoms with Crippen molar-refractivity contribution in [2.24, 2.45) is 5.73 Å². The van der Waals surface area contributed by atoms with E-state index in [0.717, 1.165) is 31.6 Å². The predicted molar refractivity (Wildman–Crippen MR) is 68.5 cm³/mol. The highest BCUT2D eigenvalue weighted by molar-refractivity contribution is 5.46. The van der Waals surface area contributed by atoms with Gasteiger partial charge in [-0.25, -0.2) is 4.39 Å². The van der Waals surface area contributed by atoms with E-state index in [4.69, 9.17) is 5.73 Å². The number of benzene rings is 1. The summed E-state index contributed by atoms with van der Waals surface area (Å²) in [7, 11) is 2.09. The Kier molecular flexibility index (Phi) is 3.64.